The molecule has 5 nitrogen and oxygen atoms in total. The summed E-state index contributed by atoms with van der Waals surface area (Å²) in [5, 5.41) is -0.186. The van der Waals surface area contributed by atoms with E-state index in [-0.39, 0.29) is 11.3 Å². The number of hydrogen-bond donors (Lipinski definition) is 1. The van der Waals surface area contributed by atoms with E-state index in [2.05, 4.69) is 22.6 Å². The highest BCUT2D eigenvalue weighted by molar-refractivity contribution is 14.1. The van der Waals surface area contributed by atoms with Crippen molar-refractivity contribution in [1.29, 1.82) is 0 Å². The quantitative estimate of drug-likeness (QED) is 0.292. The molecule has 4 rings (SSSR count). The van der Waals surface area contributed by atoms with E-state index in [9.17, 15) is 9.59 Å². The topological polar surface area (TPSA) is 72.6 Å². The van der Waals surface area contributed by atoms with E-state index in [0.29, 0.717) is 15.9 Å². The lowest BCUT2D eigenvalue weighted by Gasteiger charge is -2.48. The van der Waals surface area contributed by atoms with Gasteiger partial charge in [-0.1, -0.05) is 83.3 Å². The van der Waals surface area contributed by atoms with Gasteiger partial charge < -0.3 is 10.5 Å². The SMILES string of the molecule is NC1C(=O)N2C(C(=O)OC(c3ccccc3)c3ccccc3)=C(CI)CS[C@@H]12. The number of esters is 1. The number of alkyl halides is 1. The fourth-order valence-electron chi connectivity index (χ4n) is 3.42. The van der Waals surface area contributed by atoms with E-state index in [1.54, 1.807) is 11.8 Å². The summed E-state index contributed by atoms with van der Waals surface area (Å²) in [5.41, 5.74) is 8.96. The summed E-state index contributed by atoms with van der Waals surface area (Å²) in [7, 11) is 0. The predicted octanol–water partition coefficient (Wildman–Crippen LogP) is 3.25. The van der Waals surface area contributed by atoms with Crippen molar-refractivity contribution in [2.24, 2.45) is 5.73 Å². The van der Waals surface area contributed by atoms with Crippen molar-refractivity contribution in [3.63, 3.8) is 0 Å². The largest absolute Gasteiger partial charge is 0.448 e. The molecular formula is C21H19IN2O3S. The molecule has 2 aromatic carbocycles. The van der Waals surface area contributed by atoms with Crippen LogP contribution in [0.5, 0.6) is 0 Å². The summed E-state index contributed by atoms with van der Waals surface area (Å²) in [6.07, 6.45) is -0.545. The fourth-order valence-corrected chi connectivity index (χ4v) is 5.71. The summed E-state index contributed by atoms with van der Waals surface area (Å²) in [4.78, 5) is 27.1. The van der Waals surface area contributed by atoms with Crippen LogP contribution < -0.4 is 5.73 Å². The van der Waals surface area contributed by atoms with Gasteiger partial charge in [-0.25, -0.2) is 4.79 Å². The highest BCUT2D eigenvalue weighted by Gasteiger charge is 2.52. The molecule has 2 aliphatic rings. The second-order valence-corrected chi connectivity index (χ2v) is 8.50. The number of carbonyl (C=O) groups excluding carboxylic acids is 2. The third kappa shape index (κ3) is 3.46. The molecule has 144 valence electrons. The Morgan fingerprint density at radius 2 is 1.71 bits per heavy atom. The molecule has 0 spiro atoms. The van der Waals surface area contributed by atoms with Gasteiger partial charge in [0.15, 0.2) is 6.10 Å². The number of halogens is 1. The smallest absolute Gasteiger partial charge is 0.356 e. The Balaban J connectivity index is 1.68. The van der Waals surface area contributed by atoms with Crippen molar-refractivity contribution < 1.29 is 14.3 Å². The summed E-state index contributed by atoms with van der Waals surface area (Å²) in [6, 6.07) is 18.7. The first-order chi connectivity index (χ1) is 13.6. The van der Waals surface area contributed by atoms with Gasteiger partial charge in [0.1, 0.15) is 17.1 Å². The molecule has 7 heteroatoms. The minimum absolute atomic E-state index is 0.186. The Hall–Kier alpha value is -1.84. The maximum absolute atomic E-state index is 13.2. The Bertz CT molecular complexity index is 880. The highest BCUT2D eigenvalue weighted by atomic mass is 127. The molecule has 0 aliphatic carbocycles. The molecular weight excluding hydrogens is 487 g/mol. The summed E-state index contributed by atoms with van der Waals surface area (Å²) in [6.45, 7) is 0. The van der Waals surface area contributed by atoms with E-state index in [4.69, 9.17) is 10.5 Å². The zero-order chi connectivity index (χ0) is 19.7. The van der Waals surface area contributed by atoms with Crippen LogP contribution in [0.25, 0.3) is 0 Å². The minimum atomic E-state index is -0.553. The van der Waals surface area contributed by atoms with Crippen LogP contribution in [0.4, 0.5) is 0 Å². The number of ether oxygens (including phenoxy) is 1. The van der Waals surface area contributed by atoms with Crippen molar-refractivity contribution in [2.75, 3.05) is 10.2 Å². The van der Waals surface area contributed by atoms with Crippen molar-refractivity contribution in [3.8, 4) is 0 Å². The molecule has 2 atom stereocenters. The number of nitrogens with two attached hydrogens (primary N) is 1. The second-order valence-electron chi connectivity index (χ2n) is 6.63. The summed E-state index contributed by atoms with van der Waals surface area (Å²) < 4.78 is 6.64. The van der Waals surface area contributed by atoms with Gasteiger partial charge in [0.2, 0.25) is 5.91 Å². The molecule has 2 heterocycles. The Labute approximate surface area is 181 Å². The van der Waals surface area contributed by atoms with E-state index >= 15 is 0 Å². The van der Waals surface area contributed by atoms with Gasteiger partial charge in [-0.3, -0.25) is 9.69 Å². The zero-order valence-electron chi connectivity index (χ0n) is 15.0. The molecule has 2 aromatic rings. The maximum Gasteiger partial charge on any atom is 0.356 e. The Kier molecular flexibility index (Phi) is 5.75. The van der Waals surface area contributed by atoms with Crippen LogP contribution in [0.1, 0.15) is 17.2 Å². The number of carbonyl (C=O) groups is 2. The van der Waals surface area contributed by atoms with Crippen LogP contribution >= 0.6 is 34.4 Å². The molecule has 0 aromatic heterocycles. The summed E-state index contributed by atoms with van der Waals surface area (Å²) in [5.74, 6) is -0.0194. The molecule has 1 saturated heterocycles. The van der Waals surface area contributed by atoms with Gasteiger partial charge in [-0.2, -0.15) is 0 Å². The standard InChI is InChI=1S/C21H19IN2O3S/c22-11-15-12-28-20-16(23)19(25)24(20)17(15)21(26)27-18(13-7-3-1-4-8-13)14-9-5-2-6-10-14/h1-10,16,18,20H,11-12,23H2/t16?,20-/m0/s1. The molecule has 1 amide bonds. The number of thioether (sulfide) groups is 1. The van der Waals surface area contributed by atoms with Crippen molar-refractivity contribution >= 4 is 46.2 Å². The monoisotopic (exact) mass is 506 g/mol. The Morgan fingerprint density at radius 1 is 1.14 bits per heavy atom. The third-order valence-corrected chi connectivity index (χ3v) is 7.15. The van der Waals surface area contributed by atoms with Crippen LogP contribution in [0.15, 0.2) is 71.9 Å². The lowest BCUT2D eigenvalue weighted by molar-refractivity contribution is -0.153. The fraction of sp³-hybridized carbons (Fsp3) is 0.238. The molecule has 1 unspecified atom stereocenters. The van der Waals surface area contributed by atoms with Crippen molar-refractivity contribution in [2.45, 2.75) is 17.5 Å². The molecule has 1 fully saturated rings. The first-order valence-electron chi connectivity index (χ1n) is 8.91. The molecule has 0 saturated carbocycles. The van der Waals surface area contributed by atoms with Gasteiger partial charge in [-0.15, -0.1) is 11.8 Å². The van der Waals surface area contributed by atoms with Gasteiger partial charge in [-0.05, 0) is 16.7 Å². The van der Waals surface area contributed by atoms with Gasteiger partial charge in [0, 0.05) is 10.2 Å². The molecule has 2 N–H and O–H groups in total. The maximum atomic E-state index is 13.2. The Morgan fingerprint density at radius 3 is 2.25 bits per heavy atom. The average molecular weight is 506 g/mol. The minimum Gasteiger partial charge on any atom is -0.448 e. The van der Waals surface area contributed by atoms with E-state index in [1.165, 1.54) is 4.90 Å². The van der Waals surface area contributed by atoms with Crippen LogP contribution in [0.2, 0.25) is 0 Å². The van der Waals surface area contributed by atoms with Crippen LogP contribution in [0, 0.1) is 0 Å². The lowest BCUT2D eigenvalue weighted by Crippen LogP contribution is -2.68. The van der Waals surface area contributed by atoms with E-state index < -0.39 is 18.1 Å². The third-order valence-electron chi connectivity index (χ3n) is 4.87. The average Bonchev–Trinajstić information content (AvgIpc) is 2.76. The van der Waals surface area contributed by atoms with Crippen molar-refractivity contribution in [1.82, 2.24) is 4.90 Å². The first kappa shape index (κ1) is 19.5. The molecule has 0 radical (unpaired) electrons. The first-order valence-corrected chi connectivity index (χ1v) is 11.5. The number of hydrogen-bond acceptors (Lipinski definition) is 5. The number of amides is 1. The van der Waals surface area contributed by atoms with Gasteiger partial charge >= 0.3 is 5.97 Å². The van der Waals surface area contributed by atoms with Gasteiger partial charge in [0.25, 0.3) is 0 Å². The van der Waals surface area contributed by atoms with Gasteiger partial charge in [0.05, 0.1) is 0 Å². The molecule has 2 aliphatic heterocycles. The number of benzene rings is 2. The zero-order valence-corrected chi connectivity index (χ0v) is 17.9. The number of rotatable bonds is 5. The molecule has 28 heavy (non-hydrogen) atoms. The van der Waals surface area contributed by atoms with Crippen LogP contribution in [-0.2, 0) is 14.3 Å². The number of fused-ring (bicyclic) bond motifs is 1. The lowest BCUT2D eigenvalue weighted by atomic mass is 10.0. The van der Waals surface area contributed by atoms with E-state index in [1.807, 2.05) is 60.7 Å². The number of nitrogens with zero attached hydrogens (tertiary/aromatic N) is 1. The van der Waals surface area contributed by atoms with E-state index in [0.717, 1.165) is 16.7 Å². The summed E-state index contributed by atoms with van der Waals surface area (Å²) >= 11 is 3.82. The van der Waals surface area contributed by atoms with Crippen LogP contribution in [0.3, 0.4) is 0 Å². The normalized spacial score (nSPS) is 21.4. The highest BCUT2D eigenvalue weighted by Crippen LogP contribution is 2.41. The molecule has 0 bridgehead atoms. The second kappa shape index (κ2) is 8.26. The van der Waals surface area contributed by atoms with Crippen molar-refractivity contribution in [3.05, 3.63) is 83.1 Å². The van der Waals surface area contributed by atoms with Crippen LogP contribution in [-0.4, -0.2) is 38.4 Å². The predicted molar refractivity (Wildman–Crippen MR) is 118 cm³/mol. The number of β-lactam (4-membered cyclic amide) rings is 1.